The molecule has 0 aromatic heterocycles. The van der Waals surface area contributed by atoms with Gasteiger partial charge < -0.3 is 10.1 Å². The first kappa shape index (κ1) is 17.9. The zero-order valence-electron chi connectivity index (χ0n) is 13.2. The fourth-order valence-corrected chi connectivity index (χ4v) is 4.34. The number of carbonyl (C=O) groups is 2. The third-order valence-corrected chi connectivity index (χ3v) is 5.56. The molecule has 1 aliphatic heterocycles. The second-order valence-electron chi connectivity index (χ2n) is 5.79. The average molecular weight is 350 g/mol. The minimum Gasteiger partial charge on any atom is -0.453 e. The molecule has 1 amide bonds. The summed E-state index contributed by atoms with van der Waals surface area (Å²) in [5, 5.41) is 11.4. The molecule has 128 valence electrons. The summed E-state index contributed by atoms with van der Waals surface area (Å²) in [5.74, 6) is -1.27. The van der Waals surface area contributed by atoms with E-state index in [0.717, 1.165) is 0 Å². The number of hydrogen-bond acceptors (Lipinski definition) is 6. The molecule has 1 saturated heterocycles. The van der Waals surface area contributed by atoms with Gasteiger partial charge in [0.05, 0.1) is 23.1 Å². The molecule has 1 fully saturated rings. The predicted molar refractivity (Wildman–Crippen MR) is 86.7 cm³/mol. The maximum absolute atomic E-state index is 12.0. The molecule has 1 heterocycles. The third-order valence-electron chi connectivity index (χ3n) is 3.72. The second-order valence-corrected chi connectivity index (χ2v) is 8.02. The molecule has 8 heteroatoms. The molecule has 0 aliphatic carbocycles. The normalized spacial score (nSPS) is 19.9. The molecule has 7 nitrogen and oxygen atoms in total. The van der Waals surface area contributed by atoms with Crippen LogP contribution in [0.5, 0.6) is 0 Å². The Labute approximate surface area is 140 Å². The maximum Gasteiger partial charge on any atom is 0.306 e. The van der Waals surface area contributed by atoms with Gasteiger partial charge in [0.2, 0.25) is 0 Å². The summed E-state index contributed by atoms with van der Waals surface area (Å²) < 4.78 is 27.8. The smallest absolute Gasteiger partial charge is 0.306 e. The standard InChI is InChI=1S/C16H18N2O5S/c1-11(16(20)18-14-4-2-3-12(7-14)9-17)23-15(19)8-13-5-6-24(21,22)10-13/h2-4,7,11,13H,5-6,8,10H2,1H3,(H,18,20). The van der Waals surface area contributed by atoms with Gasteiger partial charge in [0.15, 0.2) is 15.9 Å². The van der Waals surface area contributed by atoms with Crippen molar-refractivity contribution in [2.45, 2.75) is 25.9 Å². The van der Waals surface area contributed by atoms with Gasteiger partial charge in [-0.2, -0.15) is 5.26 Å². The molecule has 1 N–H and O–H groups in total. The van der Waals surface area contributed by atoms with E-state index in [1.54, 1.807) is 18.2 Å². The zero-order valence-corrected chi connectivity index (χ0v) is 14.0. The Kier molecular flexibility index (Phi) is 5.57. The molecule has 2 unspecified atom stereocenters. The number of amides is 1. The van der Waals surface area contributed by atoms with Crippen molar-refractivity contribution in [2.24, 2.45) is 5.92 Å². The van der Waals surface area contributed by atoms with Crippen LogP contribution in [0.2, 0.25) is 0 Å². The Bertz CT molecular complexity index is 782. The number of ether oxygens (including phenoxy) is 1. The first-order valence-corrected chi connectivity index (χ1v) is 9.32. The lowest BCUT2D eigenvalue weighted by atomic mass is 10.1. The topological polar surface area (TPSA) is 113 Å². The fourth-order valence-electron chi connectivity index (χ4n) is 2.48. The van der Waals surface area contributed by atoms with E-state index in [4.69, 9.17) is 10.00 Å². The number of carbonyl (C=O) groups excluding carboxylic acids is 2. The summed E-state index contributed by atoms with van der Waals surface area (Å²) in [7, 11) is -3.05. The van der Waals surface area contributed by atoms with Gasteiger partial charge in [0.1, 0.15) is 0 Å². The monoisotopic (exact) mass is 350 g/mol. The van der Waals surface area contributed by atoms with E-state index in [9.17, 15) is 18.0 Å². The summed E-state index contributed by atoms with van der Waals surface area (Å²) in [6, 6.07) is 8.33. The largest absolute Gasteiger partial charge is 0.453 e. The number of anilines is 1. The molecule has 24 heavy (non-hydrogen) atoms. The number of nitrogens with one attached hydrogen (secondary N) is 1. The molecule has 2 rings (SSSR count). The van der Waals surface area contributed by atoms with Crippen LogP contribution in [0.25, 0.3) is 0 Å². The van der Waals surface area contributed by atoms with Gasteiger partial charge in [-0.1, -0.05) is 6.07 Å². The molecular weight excluding hydrogens is 332 g/mol. The number of rotatable bonds is 5. The minimum absolute atomic E-state index is 0.0103. The van der Waals surface area contributed by atoms with E-state index in [1.807, 2.05) is 6.07 Å². The highest BCUT2D eigenvalue weighted by Gasteiger charge is 2.30. The lowest BCUT2D eigenvalue weighted by Gasteiger charge is -2.15. The Morgan fingerprint density at radius 2 is 2.21 bits per heavy atom. The van der Waals surface area contributed by atoms with Crippen molar-refractivity contribution in [3.63, 3.8) is 0 Å². The number of hydrogen-bond donors (Lipinski definition) is 1. The maximum atomic E-state index is 12.0. The first-order valence-electron chi connectivity index (χ1n) is 7.50. The van der Waals surface area contributed by atoms with E-state index in [-0.39, 0.29) is 23.8 Å². The highest BCUT2D eigenvalue weighted by atomic mass is 32.2. The van der Waals surface area contributed by atoms with Crippen LogP contribution in [0.3, 0.4) is 0 Å². The van der Waals surface area contributed by atoms with Crippen LogP contribution >= 0.6 is 0 Å². The van der Waals surface area contributed by atoms with Crippen molar-refractivity contribution in [1.82, 2.24) is 0 Å². The van der Waals surface area contributed by atoms with Crippen LogP contribution in [0.1, 0.15) is 25.3 Å². The highest BCUT2D eigenvalue weighted by molar-refractivity contribution is 7.91. The molecule has 0 spiro atoms. The Balaban J connectivity index is 1.85. The molecule has 0 saturated carbocycles. The quantitative estimate of drug-likeness (QED) is 0.800. The van der Waals surface area contributed by atoms with Crippen LogP contribution in [-0.2, 0) is 24.2 Å². The Hall–Kier alpha value is -2.40. The average Bonchev–Trinajstić information content (AvgIpc) is 2.85. The van der Waals surface area contributed by atoms with Gasteiger partial charge in [-0.3, -0.25) is 9.59 Å². The molecule has 1 aromatic rings. The van der Waals surface area contributed by atoms with Gasteiger partial charge in [0.25, 0.3) is 5.91 Å². The van der Waals surface area contributed by atoms with Gasteiger partial charge in [-0.05, 0) is 37.5 Å². The summed E-state index contributed by atoms with van der Waals surface area (Å²) in [5.41, 5.74) is 0.837. The summed E-state index contributed by atoms with van der Waals surface area (Å²) in [6.45, 7) is 1.44. The lowest BCUT2D eigenvalue weighted by Crippen LogP contribution is -2.30. The number of esters is 1. The fraction of sp³-hybridized carbons (Fsp3) is 0.438. The van der Waals surface area contributed by atoms with E-state index >= 15 is 0 Å². The number of benzene rings is 1. The van der Waals surface area contributed by atoms with Crippen LogP contribution in [0, 0.1) is 17.2 Å². The highest BCUT2D eigenvalue weighted by Crippen LogP contribution is 2.22. The van der Waals surface area contributed by atoms with Crippen LogP contribution in [0.4, 0.5) is 5.69 Å². The second kappa shape index (κ2) is 7.45. The zero-order chi connectivity index (χ0) is 17.7. The number of nitriles is 1. The van der Waals surface area contributed by atoms with Gasteiger partial charge in [0, 0.05) is 12.1 Å². The molecule has 1 aliphatic rings. The van der Waals surface area contributed by atoms with Crippen LogP contribution < -0.4 is 5.32 Å². The van der Waals surface area contributed by atoms with Crippen molar-refractivity contribution in [3.8, 4) is 6.07 Å². The SMILES string of the molecule is CC(OC(=O)CC1CCS(=O)(=O)C1)C(=O)Nc1cccc(C#N)c1. The minimum atomic E-state index is -3.05. The molecule has 2 atom stereocenters. The summed E-state index contributed by atoms with van der Waals surface area (Å²) in [6.07, 6.45) is -0.582. The molecule has 0 bridgehead atoms. The van der Waals surface area contributed by atoms with Crippen molar-refractivity contribution < 1.29 is 22.7 Å². The van der Waals surface area contributed by atoms with Gasteiger partial charge in [-0.25, -0.2) is 8.42 Å². The van der Waals surface area contributed by atoms with E-state index in [0.29, 0.717) is 17.7 Å². The van der Waals surface area contributed by atoms with Crippen molar-refractivity contribution in [3.05, 3.63) is 29.8 Å². The van der Waals surface area contributed by atoms with Gasteiger partial charge >= 0.3 is 5.97 Å². The van der Waals surface area contributed by atoms with Crippen LogP contribution in [-0.4, -0.2) is 37.9 Å². The first-order chi connectivity index (χ1) is 11.3. The third kappa shape index (κ3) is 5.06. The Morgan fingerprint density at radius 1 is 1.46 bits per heavy atom. The van der Waals surface area contributed by atoms with E-state index in [1.165, 1.54) is 13.0 Å². The van der Waals surface area contributed by atoms with E-state index < -0.39 is 27.8 Å². The van der Waals surface area contributed by atoms with Crippen LogP contribution in [0.15, 0.2) is 24.3 Å². The summed E-state index contributed by atoms with van der Waals surface area (Å²) in [4.78, 5) is 23.9. The van der Waals surface area contributed by atoms with E-state index in [2.05, 4.69) is 5.32 Å². The number of sulfone groups is 1. The molecule has 0 radical (unpaired) electrons. The molecule has 1 aromatic carbocycles. The lowest BCUT2D eigenvalue weighted by molar-refractivity contribution is -0.153. The van der Waals surface area contributed by atoms with Crippen molar-refractivity contribution in [1.29, 1.82) is 5.26 Å². The van der Waals surface area contributed by atoms with Gasteiger partial charge in [-0.15, -0.1) is 0 Å². The van der Waals surface area contributed by atoms with Crippen molar-refractivity contribution in [2.75, 3.05) is 16.8 Å². The summed E-state index contributed by atoms with van der Waals surface area (Å²) >= 11 is 0. The van der Waals surface area contributed by atoms with Crippen molar-refractivity contribution >= 4 is 27.4 Å². The molecular formula is C16H18N2O5S. The Morgan fingerprint density at radius 3 is 2.83 bits per heavy atom. The predicted octanol–water partition coefficient (Wildman–Crippen LogP) is 1.25. The number of nitrogens with zero attached hydrogens (tertiary/aromatic N) is 1.